The first kappa shape index (κ1) is 16.7. The summed E-state index contributed by atoms with van der Waals surface area (Å²) in [7, 11) is 0. The summed E-state index contributed by atoms with van der Waals surface area (Å²) in [6.45, 7) is 9.49. The van der Waals surface area contributed by atoms with Crippen molar-refractivity contribution >= 4 is 18.3 Å². The summed E-state index contributed by atoms with van der Waals surface area (Å²) < 4.78 is 0. The molecule has 1 aliphatic rings. The zero-order valence-corrected chi connectivity index (χ0v) is 12.3. The highest BCUT2D eigenvalue weighted by molar-refractivity contribution is 5.85. The number of nitrogens with one attached hydrogen (secondary N) is 2. The maximum Gasteiger partial charge on any atom is 0.223 e. The molecule has 0 spiro atoms. The number of hydrogen-bond acceptors (Lipinski definition) is 2. The molecular weight excluding hydrogens is 236 g/mol. The smallest absolute Gasteiger partial charge is 0.223 e. The fourth-order valence-corrected chi connectivity index (χ4v) is 2.49. The van der Waals surface area contributed by atoms with E-state index in [9.17, 15) is 4.79 Å². The molecule has 1 aliphatic heterocycles. The van der Waals surface area contributed by atoms with Crippen molar-refractivity contribution in [3.63, 3.8) is 0 Å². The second-order valence-electron chi connectivity index (χ2n) is 5.70. The Bertz CT molecular complexity index is 244. The summed E-state index contributed by atoms with van der Waals surface area (Å²) in [6, 6.07) is 0.471. The number of hydrogen-bond donors (Lipinski definition) is 2. The zero-order valence-electron chi connectivity index (χ0n) is 11.5. The van der Waals surface area contributed by atoms with Crippen molar-refractivity contribution in [2.45, 2.75) is 65.0 Å². The van der Waals surface area contributed by atoms with Crippen LogP contribution in [0.4, 0.5) is 0 Å². The van der Waals surface area contributed by atoms with Crippen LogP contribution in [0.15, 0.2) is 0 Å². The van der Waals surface area contributed by atoms with Gasteiger partial charge >= 0.3 is 0 Å². The lowest BCUT2D eigenvalue weighted by Crippen LogP contribution is -2.49. The number of carbonyl (C=O) groups excluding carboxylic acids is 1. The Morgan fingerprint density at radius 3 is 2.65 bits per heavy atom. The van der Waals surface area contributed by atoms with Crippen LogP contribution in [0, 0.1) is 5.92 Å². The number of rotatable bonds is 4. The Morgan fingerprint density at radius 2 is 2.12 bits per heavy atom. The number of amides is 1. The fraction of sp³-hybridized carbons (Fsp3) is 0.923. The van der Waals surface area contributed by atoms with Gasteiger partial charge in [-0.3, -0.25) is 4.79 Å². The van der Waals surface area contributed by atoms with E-state index in [1.807, 2.05) is 0 Å². The van der Waals surface area contributed by atoms with Crippen LogP contribution in [-0.2, 0) is 4.79 Å². The van der Waals surface area contributed by atoms with E-state index in [0.717, 1.165) is 32.2 Å². The van der Waals surface area contributed by atoms with Crippen LogP contribution >= 0.6 is 12.4 Å². The van der Waals surface area contributed by atoms with Crippen molar-refractivity contribution in [1.82, 2.24) is 10.6 Å². The topological polar surface area (TPSA) is 41.1 Å². The Kier molecular flexibility index (Phi) is 7.10. The largest absolute Gasteiger partial charge is 0.351 e. The molecule has 1 saturated heterocycles. The van der Waals surface area contributed by atoms with Gasteiger partial charge in [-0.05, 0) is 46.6 Å². The second kappa shape index (κ2) is 7.22. The summed E-state index contributed by atoms with van der Waals surface area (Å²) in [6.07, 6.45) is 4.08. The van der Waals surface area contributed by atoms with Gasteiger partial charge in [-0.1, -0.05) is 13.3 Å². The Balaban J connectivity index is 0.00000256. The highest BCUT2D eigenvalue weighted by Gasteiger charge is 2.28. The van der Waals surface area contributed by atoms with E-state index in [1.54, 1.807) is 0 Å². The molecule has 3 nitrogen and oxygen atoms in total. The maximum atomic E-state index is 12.1. The van der Waals surface area contributed by atoms with Crippen molar-refractivity contribution in [3.8, 4) is 0 Å². The lowest BCUT2D eigenvalue weighted by atomic mass is 9.90. The van der Waals surface area contributed by atoms with Gasteiger partial charge in [0.05, 0.1) is 0 Å². The molecule has 0 aromatic carbocycles. The molecule has 17 heavy (non-hydrogen) atoms. The minimum absolute atomic E-state index is 0. The predicted octanol–water partition coefficient (Wildman–Crippen LogP) is 2.49. The molecule has 0 bridgehead atoms. The molecule has 0 aromatic rings. The molecule has 0 aliphatic carbocycles. The minimum atomic E-state index is -0.0556. The molecule has 0 saturated carbocycles. The van der Waals surface area contributed by atoms with Crippen LogP contribution in [0.3, 0.4) is 0 Å². The third kappa shape index (κ3) is 5.73. The lowest BCUT2D eigenvalue weighted by Gasteiger charge is -2.32. The van der Waals surface area contributed by atoms with Crippen LogP contribution in [0.5, 0.6) is 0 Å². The van der Waals surface area contributed by atoms with Gasteiger partial charge < -0.3 is 10.6 Å². The molecular formula is C13H27ClN2O. The Hall–Kier alpha value is -0.280. The molecule has 2 atom stereocenters. The van der Waals surface area contributed by atoms with E-state index in [4.69, 9.17) is 0 Å². The molecule has 1 fully saturated rings. The fourth-order valence-electron chi connectivity index (χ4n) is 2.49. The zero-order chi connectivity index (χ0) is 12.2. The highest BCUT2D eigenvalue weighted by atomic mass is 35.5. The van der Waals surface area contributed by atoms with Crippen molar-refractivity contribution < 1.29 is 4.79 Å². The molecule has 0 unspecified atom stereocenters. The van der Waals surface area contributed by atoms with Crippen LogP contribution in [0.2, 0.25) is 0 Å². The molecule has 1 amide bonds. The normalized spacial score (nSPS) is 24.9. The van der Waals surface area contributed by atoms with Crippen molar-refractivity contribution in [3.05, 3.63) is 0 Å². The van der Waals surface area contributed by atoms with Gasteiger partial charge in [-0.2, -0.15) is 0 Å². The SMILES string of the molecule is CCCC(C)(C)NC(=O)[C@H]1CCN[C@@H](C)C1.Cl. The minimum Gasteiger partial charge on any atom is -0.351 e. The van der Waals surface area contributed by atoms with Gasteiger partial charge in [0.2, 0.25) is 5.91 Å². The number of piperidine rings is 1. The number of carbonyl (C=O) groups is 1. The standard InChI is InChI=1S/C13H26N2O.ClH/c1-5-7-13(3,4)15-12(16)11-6-8-14-10(2)9-11;/h10-11,14H,5-9H2,1-4H3,(H,15,16);1H/t10-,11-;/m0./s1. The van der Waals surface area contributed by atoms with Crippen LogP contribution in [0.1, 0.15) is 53.4 Å². The van der Waals surface area contributed by atoms with Gasteiger partial charge in [-0.15, -0.1) is 12.4 Å². The monoisotopic (exact) mass is 262 g/mol. The van der Waals surface area contributed by atoms with E-state index in [1.165, 1.54) is 0 Å². The molecule has 102 valence electrons. The first-order valence-corrected chi connectivity index (χ1v) is 6.50. The molecule has 2 N–H and O–H groups in total. The van der Waals surface area contributed by atoms with Gasteiger partial charge in [0, 0.05) is 17.5 Å². The van der Waals surface area contributed by atoms with Crippen LogP contribution in [-0.4, -0.2) is 24.0 Å². The van der Waals surface area contributed by atoms with Crippen LogP contribution < -0.4 is 10.6 Å². The maximum absolute atomic E-state index is 12.1. The van der Waals surface area contributed by atoms with E-state index in [-0.39, 0.29) is 29.8 Å². The van der Waals surface area contributed by atoms with E-state index < -0.39 is 0 Å². The first-order valence-electron chi connectivity index (χ1n) is 6.50. The van der Waals surface area contributed by atoms with Crippen molar-refractivity contribution in [1.29, 1.82) is 0 Å². The van der Waals surface area contributed by atoms with Crippen molar-refractivity contribution in [2.24, 2.45) is 5.92 Å². The van der Waals surface area contributed by atoms with Crippen LogP contribution in [0.25, 0.3) is 0 Å². The first-order chi connectivity index (χ1) is 7.44. The molecule has 1 heterocycles. The summed E-state index contributed by atoms with van der Waals surface area (Å²) in [4.78, 5) is 12.1. The average molecular weight is 263 g/mol. The van der Waals surface area contributed by atoms with E-state index >= 15 is 0 Å². The van der Waals surface area contributed by atoms with Gasteiger partial charge in [-0.25, -0.2) is 0 Å². The second-order valence-corrected chi connectivity index (χ2v) is 5.70. The average Bonchev–Trinajstić information content (AvgIpc) is 2.16. The summed E-state index contributed by atoms with van der Waals surface area (Å²) in [5.74, 6) is 0.444. The van der Waals surface area contributed by atoms with Gasteiger partial charge in [0.15, 0.2) is 0 Å². The van der Waals surface area contributed by atoms with Crippen molar-refractivity contribution in [2.75, 3.05) is 6.54 Å². The third-order valence-electron chi connectivity index (χ3n) is 3.33. The summed E-state index contributed by atoms with van der Waals surface area (Å²) in [5.41, 5.74) is -0.0556. The number of halogens is 1. The molecule has 0 radical (unpaired) electrons. The summed E-state index contributed by atoms with van der Waals surface area (Å²) >= 11 is 0. The van der Waals surface area contributed by atoms with Gasteiger partial charge in [0.25, 0.3) is 0 Å². The van der Waals surface area contributed by atoms with E-state index in [0.29, 0.717) is 6.04 Å². The Morgan fingerprint density at radius 1 is 1.47 bits per heavy atom. The summed E-state index contributed by atoms with van der Waals surface area (Å²) in [5, 5.41) is 6.56. The lowest BCUT2D eigenvalue weighted by molar-refractivity contribution is -0.127. The third-order valence-corrected chi connectivity index (χ3v) is 3.33. The van der Waals surface area contributed by atoms with Gasteiger partial charge in [0.1, 0.15) is 0 Å². The molecule has 1 rings (SSSR count). The highest BCUT2D eigenvalue weighted by Crippen LogP contribution is 2.19. The van der Waals surface area contributed by atoms with E-state index in [2.05, 4.69) is 38.3 Å². The predicted molar refractivity (Wildman–Crippen MR) is 74.6 cm³/mol. The molecule has 4 heteroatoms. The molecule has 0 aromatic heterocycles. The quantitative estimate of drug-likeness (QED) is 0.817. The Labute approximate surface area is 112 Å².